The molecule has 0 aliphatic carbocycles. The van der Waals surface area contributed by atoms with Gasteiger partial charge in [0.05, 0.1) is 12.2 Å². The molecule has 142 valence electrons. The molecule has 0 spiro atoms. The van der Waals surface area contributed by atoms with Gasteiger partial charge in [-0.2, -0.15) is 10.2 Å². The van der Waals surface area contributed by atoms with Crippen LogP contribution in [0.1, 0.15) is 41.6 Å². The molecule has 0 saturated heterocycles. The largest absolute Gasteiger partial charge is 0.471 e. The Labute approximate surface area is 162 Å². The van der Waals surface area contributed by atoms with Gasteiger partial charge < -0.3 is 10.1 Å². The maximum absolute atomic E-state index is 12.5. The van der Waals surface area contributed by atoms with Crippen molar-refractivity contribution in [1.29, 1.82) is 0 Å². The van der Waals surface area contributed by atoms with Crippen LogP contribution in [-0.2, 0) is 13.3 Å². The normalized spacial score (nSPS) is 12.0. The highest BCUT2D eigenvalue weighted by Crippen LogP contribution is 2.18. The maximum atomic E-state index is 12.5. The summed E-state index contributed by atoms with van der Waals surface area (Å²) in [5.41, 5.74) is 2.37. The summed E-state index contributed by atoms with van der Waals surface area (Å²) in [5, 5.41) is 12.1. The van der Waals surface area contributed by atoms with Crippen LogP contribution in [0.2, 0.25) is 5.02 Å². The Hall–Kier alpha value is -2.80. The van der Waals surface area contributed by atoms with E-state index < -0.39 is 0 Å². The van der Waals surface area contributed by atoms with Gasteiger partial charge in [-0.25, -0.2) is 4.68 Å². The highest BCUT2D eigenvalue weighted by Gasteiger charge is 2.17. The third-order valence-electron chi connectivity index (χ3n) is 4.29. The molecule has 0 saturated carbocycles. The standard InChI is InChI=1S/C19H22ClN5O2/c1-4-25-14(3)17(11-21-25)13(2)22-19(26)18-8-9-24(23-18)12-27-16-7-5-6-15(20)10-16/h5-11,13H,4,12H2,1-3H3,(H,22,26). The van der Waals surface area contributed by atoms with Crippen molar-refractivity contribution in [2.24, 2.45) is 0 Å². The number of carbonyl (C=O) groups excluding carboxylic acids is 1. The van der Waals surface area contributed by atoms with Gasteiger partial charge in [-0.15, -0.1) is 0 Å². The number of aryl methyl sites for hydroxylation is 1. The molecule has 2 heterocycles. The van der Waals surface area contributed by atoms with Crippen molar-refractivity contribution >= 4 is 17.5 Å². The van der Waals surface area contributed by atoms with Crippen LogP contribution in [0, 0.1) is 6.92 Å². The van der Waals surface area contributed by atoms with Gasteiger partial charge in [-0.3, -0.25) is 9.48 Å². The second-order valence-electron chi connectivity index (χ2n) is 6.17. The number of carbonyl (C=O) groups is 1. The fraction of sp³-hybridized carbons (Fsp3) is 0.316. The summed E-state index contributed by atoms with van der Waals surface area (Å²) in [7, 11) is 0. The lowest BCUT2D eigenvalue weighted by molar-refractivity contribution is 0.0932. The van der Waals surface area contributed by atoms with Gasteiger partial charge in [0.25, 0.3) is 5.91 Å². The van der Waals surface area contributed by atoms with E-state index in [9.17, 15) is 4.79 Å². The Balaban J connectivity index is 1.60. The Kier molecular flexibility index (Phi) is 5.81. The number of rotatable bonds is 7. The number of amides is 1. The van der Waals surface area contributed by atoms with Crippen molar-refractivity contribution in [2.45, 2.75) is 40.1 Å². The molecule has 8 heteroatoms. The molecular weight excluding hydrogens is 366 g/mol. The topological polar surface area (TPSA) is 74.0 Å². The fourth-order valence-electron chi connectivity index (χ4n) is 2.81. The van der Waals surface area contributed by atoms with E-state index >= 15 is 0 Å². The molecule has 0 aliphatic heterocycles. The van der Waals surface area contributed by atoms with Crippen LogP contribution in [-0.4, -0.2) is 25.5 Å². The minimum Gasteiger partial charge on any atom is -0.471 e. The molecule has 3 aromatic rings. The fourth-order valence-corrected chi connectivity index (χ4v) is 2.99. The van der Waals surface area contributed by atoms with Gasteiger partial charge in [0, 0.05) is 29.0 Å². The molecule has 1 atom stereocenters. The molecular formula is C19H22ClN5O2. The number of halogens is 1. The Morgan fingerprint density at radius 1 is 1.37 bits per heavy atom. The van der Waals surface area contributed by atoms with E-state index in [2.05, 4.69) is 15.5 Å². The lowest BCUT2D eigenvalue weighted by Gasteiger charge is -2.13. The molecule has 1 unspecified atom stereocenters. The van der Waals surface area contributed by atoms with E-state index in [4.69, 9.17) is 16.3 Å². The summed E-state index contributed by atoms with van der Waals surface area (Å²) < 4.78 is 9.08. The predicted molar refractivity (Wildman–Crippen MR) is 103 cm³/mol. The maximum Gasteiger partial charge on any atom is 0.272 e. The van der Waals surface area contributed by atoms with E-state index in [1.54, 1.807) is 35.3 Å². The van der Waals surface area contributed by atoms with Gasteiger partial charge in [0.15, 0.2) is 6.73 Å². The number of nitrogens with zero attached hydrogens (tertiary/aromatic N) is 4. The number of nitrogens with one attached hydrogen (secondary N) is 1. The second-order valence-corrected chi connectivity index (χ2v) is 6.60. The quantitative estimate of drug-likeness (QED) is 0.672. The van der Waals surface area contributed by atoms with Crippen LogP contribution in [0.5, 0.6) is 5.75 Å². The van der Waals surface area contributed by atoms with Crippen molar-refractivity contribution in [3.05, 3.63) is 64.7 Å². The zero-order valence-corrected chi connectivity index (χ0v) is 16.3. The molecule has 3 rings (SSSR count). The van der Waals surface area contributed by atoms with Gasteiger partial charge in [0.2, 0.25) is 0 Å². The SMILES string of the molecule is CCn1ncc(C(C)NC(=O)c2ccn(COc3cccc(Cl)c3)n2)c1C. The van der Waals surface area contributed by atoms with E-state index in [0.29, 0.717) is 16.5 Å². The highest BCUT2D eigenvalue weighted by molar-refractivity contribution is 6.30. The predicted octanol–water partition coefficient (Wildman–Crippen LogP) is 3.59. The van der Waals surface area contributed by atoms with Crippen LogP contribution in [0.25, 0.3) is 0 Å². The second kappa shape index (κ2) is 8.26. The van der Waals surface area contributed by atoms with Gasteiger partial charge in [0.1, 0.15) is 11.4 Å². The molecule has 0 radical (unpaired) electrons. The number of hydrogen-bond donors (Lipinski definition) is 1. The molecule has 7 nitrogen and oxygen atoms in total. The smallest absolute Gasteiger partial charge is 0.272 e. The summed E-state index contributed by atoms with van der Waals surface area (Å²) in [6.07, 6.45) is 3.49. The molecule has 27 heavy (non-hydrogen) atoms. The van der Waals surface area contributed by atoms with Crippen molar-refractivity contribution in [3.8, 4) is 5.75 Å². The summed E-state index contributed by atoms with van der Waals surface area (Å²) in [5.74, 6) is 0.397. The average molecular weight is 388 g/mol. The molecule has 0 aliphatic rings. The Morgan fingerprint density at radius 2 is 2.19 bits per heavy atom. The van der Waals surface area contributed by atoms with Crippen molar-refractivity contribution in [2.75, 3.05) is 0 Å². The number of ether oxygens (including phenoxy) is 1. The monoisotopic (exact) mass is 387 g/mol. The lowest BCUT2D eigenvalue weighted by Crippen LogP contribution is -2.27. The Bertz CT molecular complexity index is 934. The molecule has 1 amide bonds. The first kappa shape index (κ1) is 19.0. The zero-order valence-electron chi connectivity index (χ0n) is 15.5. The number of aromatic nitrogens is 4. The first-order valence-corrected chi connectivity index (χ1v) is 9.10. The number of benzene rings is 1. The van der Waals surface area contributed by atoms with Crippen LogP contribution in [0.15, 0.2) is 42.7 Å². The summed E-state index contributed by atoms with van der Waals surface area (Å²) in [6, 6.07) is 8.61. The molecule has 1 N–H and O–H groups in total. The third-order valence-corrected chi connectivity index (χ3v) is 4.52. The molecule has 0 fully saturated rings. The van der Waals surface area contributed by atoms with Gasteiger partial charge in [-0.1, -0.05) is 17.7 Å². The summed E-state index contributed by atoms with van der Waals surface area (Å²) >= 11 is 5.93. The van der Waals surface area contributed by atoms with Crippen LogP contribution >= 0.6 is 11.6 Å². The summed E-state index contributed by atoms with van der Waals surface area (Å²) in [6.45, 7) is 6.94. The van der Waals surface area contributed by atoms with E-state index in [1.807, 2.05) is 37.6 Å². The van der Waals surface area contributed by atoms with Gasteiger partial charge >= 0.3 is 0 Å². The van der Waals surface area contributed by atoms with Crippen molar-refractivity contribution in [3.63, 3.8) is 0 Å². The zero-order chi connectivity index (χ0) is 19.4. The number of hydrogen-bond acceptors (Lipinski definition) is 4. The van der Waals surface area contributed by atoms with Crippen LogP contribution < -0.4 is 10.1 Å². The minimum atomic E-state index is -0.243. The van der Waals surface area contributed by atoms with E-state index in [0.717, 1.165) is 17.8 Å². The average Bonchev–Trinajstić information content (AvgIpc) is 3.26. The summed E-state index contributed by atoms with van der Waals surface area (Å²) in [4.78, 5) is 12.5. The molecule has 0 bridgehead atoms. The lowest BCUT2D eigenvalue weighted by atomic mass is 10.1. The molecule has 1 aromatic carbocycles. The first-order valence-electron chi connectivity index (χ1n) is 8.73. The van der Waals surface area contributed by atoms with Crippen molar-refractivity contribution < 1.29 is 9.53 Å². The molecule has 2 aromatic heterocycles. The van der Waals surface area contributed by atoms with E-state index in [-0.39, 0.29) is 18.7 Å². The Morgan fingerprint density at radius 3 is 2.89 bits per heavy atom. The van der Waals surface area contributed by atoms with Crippen LogP contribution in [0.4, 0.5) is 0 Å². The third kappa shape index (κ3) is 4.49. The highest BCUT2D eigenvalue weighted by atomic mass is 35.5. The first-order chi connectivity index (χ1) is 13.0. The van der Waals surface area contributed by atoms with Crippen molar-refractivity contribution in [1.82, 2.24) is 24.9 Å². The van der Waals surface area contributed by atoms with E-state index in [1.165, 1.54) is 0 Å². The minimum absolute atomic E-state index is 0.161. The van der Waals surface area contributed by atoms with Gasteiger partial charge in [-0.05, 0) is 45.0 Å². The van der Waals surface area contributed by atoms with Crippen LogP contribution in [0.3, 0.4) is 0 Å².